The summed E-state index contributed by atoms with van der Waals surface area (Å²) in [5.41, 5.74) is 0.494. The third-order valence-corrected chi connectivity index (χ3v) is 5.62. The molecule has 9 heteroatoms. The van der Waals surface area contributed by atoms with Gasteiger partial charge in [-0.15, -0.1) is 11.3 Å². The van der Waals surface area contributed by atoms with Gasteiger partial charge in [-0.3, -0.25) is 4.79 Å². The number of rotatable bonds is 5. The Bertz CT molecular complexity index is 894. The summed E-state index contributed by atoms with van der Waals surface area (Å²) in [6, 6.07) is 5.46. The maximum absolute atomic E-state index is 13.9. The second-order valence-corrected chi connectivity index (χ2v) is 8.67. The van der Waals surface area contributed by atoms with Gasteiger partial charge in [0.1, 0.15) is 16.5 Å². The van der Waals surface area contributed by atoms with Crippen LogP contribution in [0.1, 0.15) is 43.2 Å². The molecule has 0 radical (unpaired) electrons. The molecule has 1 aromatic heterocycles. The highest BCUT2D eigenvalue weighted by Crippen LogP contribution is 2.20. The summed E-state index contributed by atoms with van der Waals surface area (Å²) in [5.74, 6) is -0.628. The molecule has 2 heterocycles. The number of thiazole rings is 1. The summed E-state index contributed by atoms with van der Waals surface area (Å²) >= 11 is 1.33. The molecule has 7 nitrogen and oxygen atoms in total. The lowest BCUT2D eigenvalue weighted by atomic mass is 10.2. The predicted octanol–water partition coefficient (Wildman–Crippen LogP) is 3.97. The SMILES string of the molecule is CC1CN(C(=O)c2csc(CN(C(=O)Nc3ccccc3F)C(C)C)n2)CC(C)O1. The van der Waals surface area contributed by atoms with E-state index in [1.807, 2.05) is 27.7 Å². The van der Waals surface area contributed by atoms with E-state index in [0.717, 1.165) is 0 Å². The molecule has 2 unspecified atom stereocenters. The van der Waals surface area contributed by atoms with E-state index in [4.69, 9.17) is 4.74 Å². The lowest BCUT2D eigenvalue weighted by Gasteiger charge is -2.34. The Morgan fingerprint density at radius 3 is 2.60 bits per heavy atom. The van der Waals surface area contributed by atoms with Gasteiger partial charge in [-0.25, -0.2) is 14.2 Å². The third-order valence-electron chi connectivity index (χ3n) is 4.78. The second kappa shape index (κ2) is 9.53. The number of benzene rings is 1. The van der Waals surface area contributed by atoms with Crippen molar-refractivity contribution in [1.29, 1.82) is 0 Å². The molecule has 1 N–H and O–H groups in total. The molecule has 3 amide bonds. The number of nitrogens with one attached hydrogen (secondary N) is 1. The highest BCUT2D eigenvalue weighted by molar-refractivity contribution is 7.09. The van der Waals surface area contributed by atoms with Gasteiger partial charge in [0.25, 0.3) is 5.91 Å². The molecule has 1 fully saturated rings. The van der Waals surface area contributed by atoms with E-state index in [-0.39, 0.29) is 36.4 Å². The predicted molar refractivity (Wildman–Crippen MR) is 114 cm³/mol. The number of aromatic nitrogens is 1. The van der Waals surface area contributed by atoms with Gasteiger partial charge in [0.05, 0.1) is 24.4 Å². The fourth-order valence-electron chi connectivity index (χ4n) is 3.37. The smallest absolute Gasteiger partial charge is 0.322 e. The van der Waals surface area contributed by atoms with Crippen molar-refractivity contribution in [2.75, 3.05) is 18.4 Å². The number of ether oxygens (including phenoxy) is 1. The van der Waals surface area contributed by atoms with Gasteiger partial charge in [-0.2, -0.15) is 0 Å². The average Bonchev–Trinajstić information content (AvgIpc) is 3.15. The largest absolute Gasteiger partial charge is 0.372 e. The summed E-state index contributed by atoms with van der Waals surface area (Å²) in [4.78, 5) is 33.3. The zero-order valence-electron chi connectivity index (χ0n) is 17.6. The first-order valence-corrected chi connectivity index (χ1v) is 10.8. The van der Waals surface area contributed by atoms with Gasteiger partial charge in [0.2, 0.25) is 0 Å². The Morgan fingerprint density at radius 2 is 1.97 bits per heavy atom. The van der Waals surface area contributed by atoms with Crippen molar-refractivity contribution < 1.29 is 18.7 Å². The van der Waals surface area contributed by atoms with Gasteiger partial charge >= 0.3 is 6.03 Å². The number of para-hydroxylation sites is 1. The second-order valence-electron chi connectivity index (χ2n) is 7.73. The minimum absolute atomic E-state index is 0.0192. The van der Waals surface area contributed by atoms with Crippen LogP contribution in [-0.4, -0.2) is 58.1 Å². The summed E-state index contributed by atoms with van der Waals surface area (Å²) in [5, 5.41) is 4.96. The van der Waals surface area contributed by atoms with Crippen LogP contribution in [0.3, 0.4) is 0 Å². The standard InChI is InChI=1S/C21H27FN4O3S/c1-13(2)26(21(28)24-17-8-6-5-7-16(17)22)11-19-23-18(12-30-19)20(27)25-9-14(3)29-15(4)10-25/h5-8,12-15H,9-11H2,1-4H3,(H,24,28). The molecule has 1 saturated heterocycles. The highest BCUT2D eigenvalue weighted by Gasteiger charge is 2.28. The molecular formula is C21H27FN4O3S. The van der Waals surface area contributed by atoms with E-state index in [2.05, 4.69) is 10.3 Å². The number of amides is 3. The normalized spacial score (nSPS) is 19.1. The first kappa shape index (κ1) is 22.2. The van der Waals surface area contributed by atoms with Crippen molar-refractivity contribution in [1.82, 2.24) is 14.8 Å². The van der Waals surface area contributed by atoms with Crippen molar-refractivity contribution in [3.05, 3.63) is 46.2 Å². The van der Waals surface area contributed by atoms with Gasteiger partial charge in [-0.1, -0.05) is 12.1 Å². The molecule has 3 rings (SSSR count). The Kier molecular flexibility index (Phi) is 7.04. The first-order chi connectivity index (χ1) is 14.2. The molecule has 0 aliphatic carbocycles. The maximum atomic E-state index is 13.9. The van der Waals surface area contributed by atoms with Crippen LogP contribution in [0.5, 0.6) is 0 Å². The van der Waals surface area contributed by atoms with E-state index in [9.17, 15) is 14.0 Å². The summed E-state index contributed by atoms with van der Waals surface area (Å²) < 4.78 is 19.6. The van der Waals surface area contributed by atoms with Gasteiger partial charge in [0, 0.05) is 24.5 Å². The van der Waals surface area contributed by atoms with Crippen LogP contribution in [0.4, 0.5) is 14.9 Å². The summed E-state index contributed by atoms with van der Waals surface area (Å²) in [6.45, 7) is 8.91. The molecule has 0 bridgehead atoms. The van der Waals surface area contributed by atoms with Gasteiger partial charge in [0.15, 0.2) is 0 Å². The van der Waals surface area contributed by atoms with Crippen molar-refractivity contribution in [3.63, 3.8) is 0 Å². The molecule has 0 saturated carbocycles. The van der Waals surface area contributed by atoms with Crippen LogP contribution < -0.4 is 5.32 Å². The minimum Gasteiger partial charge on any atom is -0.372 e. The van der Waals surface area contributed by atoms with Crippen LogP contribution in [0.2, 0.25) is 0 Å². The van der Waals surface area contributed by atoms with Gasteiger partial charge in [-0.05, 0) is 39.8 Å². The van der Waals surface area contributed by atoms with E-state index >= 15 is 0 Å². The molecule has 2 aromatic rings. The number of anilines is 1. The Morgan fingerprint density at radius 1 is 1.30 bits per heavy atom. The summed E-state index contributed by atoms with van der Waals surface area (Å²) in [7, 11) is 0. The molecule has 30 heavy (non-hydrogen) atoms. The van der Waals surface area contributed by atoms with E-state index in [1.165, 1.54) is 23.5 Å². The van der Waals surface area contributed by atoms with E-state index in [0.29, 0.717) is 23.8 Å². The number of carbonyl (C=O) groups excluding carboxylic acids is 2. The van der Waals surface area contributed by atoms with Gasteiger partial charge < -0.3 is 19.9 Å². The lowest BCUT2D eigenvalue weighted by molar-refractivity contribution is -0.0587. The number of nitrogens with zero attached hydrogens (tertiary/aromatic N) is 3. The maximum Gasteiger partial charge on any atom is 0.322 e. The fourth-order valence-corrected chi connectivity index (χ4v) is 4.14. The highest BCUT2D eigenvalue weighted by atomic mass is 32.1. The molecule has 0 spiro atoms. The van der Waals surface area contributed by atoms with Crippen LogP contribution in [-0.2, 0) is 11.3 Å². The molecule has 2 atom stereocenters. The number of halogens is 1. The monoisotopic (exact) mass is 434 g/mol. The third kappa shape index (κ3) is 5.34. The van der Waals surface area contributed by atoms with Crippen molar-refractivity contribution >= 4 is 29.0 Å². The Labute approximate surface area is 179 Å². The quantitative estimate of drug-likeness (QED) is 0.773. The molecule has 162 valence electrons. The number of urea groups is 1. The van der Waals surface area contributed by atoms with Crippen LogP contribution in [0.15, 0.2) is 29.6 Å². The van der Waals surface area contributed by atoms with Crippen molar-refractivity contribution in [2.45, 2.75) is 52.5 Å². The number of carbonyl (C=O) groups is 2. The van der Waals surface area contributed by atoms with Crippen LogP contribution >= 0.6 is 11.3 Å². The Balaban J connectivity index is 1.68. The van der Waals surface area contributed by atoms with Crippen molar-refractivity contribution in [2.24, 2.45) is 0 Å². The minimum atomic E-state index is -0.495. The summed E-state index contributed by atoms with van der Waals surface area (Å²) in [6.07, 6.45) is -0.0383. The van der Waals surface area contributed by atoms with Crippen LogP contribution in [0.25, 0.3) is 0 Å². The van der Waals surface area contributed by atoms with E-state index < -0.39 is 11.8 Å². The molecule has 1 aliphatic heterocycles. The fraction of sp³-hybridized carbons (Fsp3) is 0.476. The zero-order chi connectivity index (χ0) is 21.8. The van der Waals surface area contributed by atoms with E-state index in [1.54, 1.807) is 27.3 Å². The number of morpholine rings is 1. The topological polar surface area (TPSA) is 74.8 Å². The lowest BCUT2D eigenvalue weighted by Crippen LogP contribution is -2.48. The average molecular weight is 435 g/mol. The Hall–Kier alpha value is -2.52. The molecule has 1 aromatic carbocycles. The number of hydrogen-bond donors (Lipinski definition) is 1. The number of hydrogen-bond acceptors (Lipinski definition) is 5. The molecule has 1 aliphatic rings. The zero-order valence-corrected chi connectivity index (χ0v) is 18.4. The van der Waals surface area contributed by atoms with Crippen molar-refractivity contribution in [3.8, 4) is 0 Å². The van der Waals surface area contributed by atoms with Crippen LogP contribution in [0, 0.1) is 5.82 Å². The first-order valence-electron chi connectivity index (χ1n) is 9.96. The molecular weight excluding hydrogens is 407 g/mol.